The van der Waals surface area contributed by atoms with Gasteiger partial charge in [-0.15, -0.1) is 0 Å². The second-order valence-electron chi connectivity index (χ2n) is 4.29. The maximum absolute atomic E-state index is 11.7. The van der Waals surface area contributed by atoms with Gasteiger partial charge in [0, 0.05) is 13.6 Å². The van der Waals surface area contributed by atoms with E-state index in [4.69, 9.17) is 5.11 Å². The Hall–Kier alpha value is -1.85. The molecule has 0 fully saturated rings. The number of amides is 1. The number of hydrogen-bond acceptors (Lipinski definition) is 3. The summed E-state index contributed by atoms with van der Waals surface area (Å²) in [6, 6.07) is 0. The van der Waals surface area contributed by atoms with Crippen molar-refractivity contribution >= 4 is 11.9 Å². The molecule has 1 atom stereocenters. The van der Waals surface area contributed by atoms with Crippen LogP contribution >= 0.6 is 0 Å². The summed E-state index contributed by atoms with van der Waals surface area (Å²) in [5.41, 5.74) is 0.415. The van der Waals surface area contributed by atoms with Crippen molar-refractivity contribution in [1.82, 2.24) is 14.9 Å². The Kier molecular flexibility index (Phi) is 4.25. The molecule has 2 N–H and O–H groups in total. The highest BCUT2D eigenvalue weighted by Crippen LogP contribution is 2.10. The Bertz CT molecular complexity index is 412. The van der Waals surface area contributed by atoms with Gasteiger partial charge in [0.1, 0.15) is 5.69 Å². The Balaban J connectivity index is 2.59. The summed E-state index contributed by atoms with van der Waals surface area (Å²) in [5.74, 6) is -1.81. The van der Waals surface area contributed by atoms with Crippen molar-refractivity contribution < 1.29 is 14.7 Å². The molecule has 0 aliphatic carbocycles. The molecular weight excluding hydrogens is 222 g/mol. The molecule has 0 saturated carbocycles. The molecule has 6 nitrogen and oxygen atoms in total. The van der Waals surface area contributed by atoms with E-state index in [1.165, 1.54) is 12.5 Å². The van der Waals surface area contributed by atoms with E-state index in [1.54, 1.807) is 11.6 Å². The predicted molar refractivity (Wildman–Crippen MR) is 61.5 cm³/mol. The molecule has 1 rings (SSSR count). The molecule has 94 valence electrons. The molecule has 0 aliphatic heterocycles. The topological polar surface area (TPSA) is 84.2 Å². The average Bonchev–Trinajstić information content (AvgIpc) is 2.63. The number of carbonyl (C=O) groups is 2. The predicted octanol–water partition coefficient (Wildman–Crippen LogP) is 0.507. The van der Waals surface area contributed by atoms with Gasteiger partial charge in [0.25, 0.3) is 5.91 Å². The number of nitrogens with zero attached hydrogens (tertiary/aromatic N) is 2. The third-order valence-corrected chi connectivity index (χ3v) is 2.65. The van der Waals surface area contributed by atoms with Crippen LogP contribution < -0.4 is 5.32 Å². The van der Waals surface area contributed by atoms with Crippen molar-refractivity contribution in [1.29, 1.82) is 0 Å². The summed E-state index contributed by atoms with van der Waals surface area (Å²) in [6.07, 6.45) is 2.96. The Labute approximate surface area is 99.7 Å². The third kappa shape index (κ3) is 3.30. The van der Waals surface area contributed by atoms with Crippen molar-refractivity contribution in [3.63, 3.8) is 0 Å². The summed E-state index contributed by atoms with van der Waals surface area (Å²) >= 11 is 0. The lowest BCUT2D eigenvalue weighted by molar-refractivity contribution is -0.142. The number of hydrogen-bond donors (Lipinski definition) is 2. The summed E-state index contributed by atoms with van der Waals surface area (Å²) in [5, 5.41) is 11.6. The van der Waals surface area contributed by atoms with Crippen LogP contribution in [0.5, 0.6) is 0 Å². The largest absolute Gasteiger partial charge is 0.481 e. The summed E-state index contributed by atoms with van der Waals surface area (Å²) in [4.78, 5) is 26.5. The van der Waals surface area contributed by atoms with E-state index in [0.717, 1.165) is 0 Å². The van der Waals surface area contributed by atoms with Crippen molar-refractivity contribution in [3.05, 3.63) is 18.2 Å². The monoisotopic (exact) mass is 239 g/mol. The second-order valence-corrected chi connectivity index (χ2v) is 4.29. The fourth-order valence-corrected chi connectivity index (χ4v) is 1.48. The maximum atomic E-state index is 11.7. The molecule has 0 aromatic carbocycles. The van der Waals surface area contributed by atoms with E-state index in [0.29, 0.717) is 5.69 Å². The molecule has 0 saturated heterocycles. The Morgan fingerprint density at radius 1 is 1.53 bits per heavy atom. The summed E-state index contributed by atoms with van der Waals surface area (Å²) in [6.45, 7) is 3.75. The fourth-order valence-electron chi connectivity index (χ4n) is 1.48. The molecule has 0 bridgehead atoms. The minimum atomic E-state index is -0.898. The highest BCUT2D eigenvalue weighted by atomic mass is 16.4. The lowest BCUT2D eigenvalue weighted by atomic mass is 9.96. The molecule has 0 spiro atoms. The van der Waals surface area contributed by atoms with Crippen molar-refractivity contribution in [2.24, 2.45) is 18.9 Å². The highest BCUT2D eigenvalue weighted by Gasteiger charge is 2.22. The SMILES string of the molecule is CC(C)C(CNC(=O)c1cncn1C)C(=O)O. The van der Waals surface area contributed by atoms with E-state index in [1.807, 2.05) is 13.8 Å². The van der Waals surface area contributed by atoms with Crippen LogP contribution in [0, 0.1) is 11.8 Å². The highest BCUT2D eigenvalue weighted by molar-refractivity contribution is 5.92. The number of carboxylic acid groups (broad SMARTS) is 1. The van der Waals surface area contributed by atoms with E-state index < -0.39 is 11.9 Å². The molecule has 0 aliphatic rings. The van der Waals surface area contributed by atoms with Gasteiger partial charge in [-0.25, -0.2) is 4.98 Å². The zero-order valence-electron chi connectivity index (χ0n) is 10.2. The van der Waals surface area contributed by atoms with Gasteiger partial charge in [0.15, 0.2) is 0 Å². The number of rotatable bonds is 5. The molecule has 17 heavy (non-hydrogen) atoms. The van der Waals surface area contributed by atoms with Gasteiger partial charge in [0.05, 0.1) is 18.4 Å². The Morgan fingerprint density at radius 2 is 2.18 bits per heavy atom. The molecule has 0 radical (unpaired) electrons. The third-order valence-electron chi connectivity index (χ3n) is 2.65. The molecule has 1 heterocycles. The molecule has 6 heteroatoms. The van der Waals surface area contributed by atoms with Crippen LogP contribution in [0.1, 0.15) is 24.3 Å². The minimum absolute atomic E-state index is 0.0284. The molecule has 1 unspecified atom stereocenters. The number of nitrogens with one attached hydrogen (secondary N) is 1. The first-order chi connectivity index (χ1) is 7.93. The first kappa shape index (κ1) is 13.2. The van der Waals surface area contributed by atoms with E-state index in [-0.39, 0.29) is 18.4 Å². The molecular formula is C11H17N3O3. The molecule has 1 amide bonds. The van der Waals surface area contributed by atoms with Gasteiger partial charge in [0.2, 0.25) is 0 Å². The second kappa shape index (κ2) is 5.47. The lowest BCUT2D eigenvalue weighted by Crippen LogP contribution is -2.36. The zero-order valence-corrected chi connectivity index (χ0v) is 10.2. The number of aryl methyl sites for hydroxylation is 1. The number of imidazole rings is 1. The van der Waals surface area contributed by atoms with Gasteiger partial charge in [-0.1, -0.05) is 13.8 Å². The standard InChI is InChI=1S/C11H17N3O3/c1-7(2)8(11(16)17)4-13-10(15)9-5-12-6-14(9)3/h5-8H,4H2,1-3H3,(H,13,15)(H,16,17). The number of carboxylic acids is 1. The Morgan fingerprint density at radius 3 is 2.59 bits per heavy atom. The van der Waals surface area contributed by atoms with Crippen molar-refractivity contribution in [2.75, 3.05) is 6.54 Å². The van der Waals surface area contributed by atoms with Gasteiger partial charge < -0.3 is 15.0 Å². The van der Waals surface area contributed by atoms with Crippen LogP contribution in [-0.2, 0) is 11.8 Å². The van der Waals surface area contributed by atoms with Gasteiger partial charge in [-0.05, 0) is 5.92 Å². The van der Waals surface area contributed by atoms with Gasteiger partial charge >= 0.3 is 5.97 Å². The average molecular weight is 239 g/mol. The van der Waals surface area contributed by atoms with Crippen LogP contribution in [0.25, 0.3) is 0 Å². The van der Waals surface area contributed by atoms with Crippen LogP contribution in [0.3, 0.4) is 0 Å². The first-order valence-corrected chi connectivity index (χ1v) is 5.40. The maximum Gasteiger partial charge on any atom is 0.308 e. The van der Waals surface area contributed by atoms with Crippen molar-refractivity contribution in [3.8, 4) is 0 Å². The van der Waals surface area contributed by atoms with Crippen LogP contribution in [0.15, 0.2) is 12.5 Å². The first-order valence-electron chi connectivity index (χ1n) is 5.40. The van der Waals surface area contributed by atoms with E-state index in [9.17, 15) is 9.59 Å². The van der Waals surface area contributed by atoms with Gasteiger partial charge in [-0.2, -0.15) is 0 Å². The zero-order chi connectivity index (χ0) is 13.0. The van der Waals surface area contributed by atoms with Crippen LogP contribution in [-0.4, -0.2) is 33.1 Å². The molecule has 1 aromatic heterocycles. The number of aliphatic carboxylic acids is 1. The number of aromatic nitrogens is 2. The quantitative estimate of drug-likeness (QED) is 0.784. The summed E-state index contributed by atoms with van der Waals surface area (Å²) < 4.78 is 1.58. The van der Waals surface area contributed by atoms with Crippen molar-refractivity contribution in [2.45, 2.75) is 13.8 Å². The molecule has 1 aromatic rings. The van der Waals surface area contributed by atoms with Crippen LogP contribution in [0.2, 0.25) is 0 Å². The summed E-state index contributed by atoms with van der Waals surface area (Å²) in [7, 11) is 1.71. The van der Waals surface area contributed by atoms with Crippen LogP contribution in [0.4, 0.5) is 0 Å². The number of carbonyl (C=O) groups excluding carboxylic acids is 1. The fraction of sp³-hybridized carbons (Fsp3) is 0.545. The van der Waals surface area contributed by atoms with E-state index in [2.05, 4.69) is 10.3 Å². The van der Waals surface area contributed by atoms with E-state index >= 15 is 0 Å². The lowest BCUT2D eigenvalue weighted by Gasteiger charge is -2.16. The minimum Gasteiger partial charge on any atom is -0.481 e. The normalized spacial score (nSPS) is 12.5. The smallest absolute Gasteiger partial charge is 0.308 e. The van der Waals surface area contributed by atoms with Gasteiger partial charge in [-0.3, -0.25) is 9.59 Å².